The standard InChI is InChI=1S/C21H20N4O2S/c1-15-14-28-21(22-15)25(16-8-3-2-4-9-16)20(27)18-11-7-10-17(23-18)19(26)24-12-5-6-13-24/h2-4,7-11,14H,5-6,12-13H2,1H3. The molecule has 1 aliphatic heterocycles. The molecule has 3 heterocycles. The van der Waals surface area contributed by atoms with Gasteiger partial charge in [0.15, 0.2) is 5.13 Å². The molecule has 1 saturated heterocycles. The monoisotopic (exact) mass is 392 g/mol. The van der Waals surface area contributed by atoms with Crippen molar-refractivity contribution in [3.8, 4) is 0 Å². The van der Waals surface area contributed by atoms with E-state index in [1.807, 2.05) is 42.6 Å². The number of thiazole rings is 1. The number of likely N-dealkylation sites (tertiary alicyclic amines) is 1. The summed E-state index contributed by atoms with van der Waals surface area (Å²) in [5.74, 6) is -0.430. The average molecular weight is 392 g/mol. The molecule has 0 unspecified atom stereocenters. The molecule has 0 aliphatic carbocycles. The van der Waals surface area contributed by atoms with E-state index in [-0.39, 0.29) is 17.5 Å². The maximum atomic E-state index is 13.4. The van der Waals surface area contributed by atoms with Crippen molar-refractivity contribution in [3.63, 3.8) is 0 Å². The summed E-state index contributed by atoms with van der Waals surface area (Å²) in [7, 11) is 0. The van der Waals surface area contributed by atoms with E-state index in [1.54, 1.807) is 28.0 Å². The molecule has 142 valence electrons. The van der Waals surface area contributed by atoms with Crippen LogP contribution in [0.1, 0.15) is 39.5 Å². The number of carbonyl (C=O) groups excluding carboxylic acids is 2. The van der Waals surface area contributed by atoms with Gasteiger partial charge in [0.25, 0.3) is 11.8 Å². The summed E-state index contributed by atoms with van der Waals surface area (Å²) in [6.07, 6.45) is 2.02. The molecule has 0 spiro atoms. The fraction of sp³-hybridized carbons (Fsp3) is 0.238. The van der Waals surface area contributed by atoms with Crippen LogP contribution in [0.15, 0.2) is 53.9 Å². The number of hydrogen-bond acceptors (Lipinski definition) is 5. The molecule has 3 aromatic rings. The molecule has 7 heteroatoms. The lowest BCUT2D eigenvalue weighted by atomic mass is 10.2. The van der Waals surface area contributed by atoms with Crippen LogP contribution in [-0.2, 0) is 0 Å². The fourth-order valence-corrected chi connectivity index (χ4v) is 4.02. The van der Waals surface area contributed by atoms with E-state index in [1.165, 1.54) is 11.3 Å². The molecule has 6 nitrogen and oxygen atoms in total. The Labute approximate surface area is 167 Å². The summed E-state index contributed by atoms with van der Waals surface area (Å²) in [6.45, 7) is 3.38. The molecule has 4 rings (SSSR count). The summed E-state index contributed by atoms with van der Waals surface area (Å²) in [5.41, 5.74) is 2.08. The topological polar surface area (TPSA) is 66.4 Å². The first-order valence-corrected chi connectivity index (χ1v) is 10.1. The predicted octanol–water partition coefficient (Wildman–Crippen LogP) is 4.06. The van der Waals surface area contributed by atoms with Gasteiger partial charge in [-0.15, -0.1) is 11.3 Å². The Morgan fingerprint density at radius 1 is 0.964 bits per heavy atom. The first-order chi connectivity index (χ1) is 13.6. The van der Waals surface area contributed by atoms with E-state index in [0.29, 0.717) is 16.5 Å². The van der Waals surface area contributed by atoms with Crippen LogP contribution < -0.4 is 4.90 Å². The zero-order valence-electron chi connectivity index (χ0n) is 15.5. The SMILES string of the molecule is Cc1csc(N(C(=O)c2cccc(C(=O)N3CCCC3)n2)c2ccccc2)n1. The van der Waals surface area contributed by atoms with Crippen molar-refractivity contribution < 1.29 is 9.59 Å². The van der Waals surface area contributed by atoms with E-state index in [0.717, 1.165) is 31.6 Å². The average Bonchev–Trinajstić information content (AvgIpc) is 3.41. The highest BCUT2D eigenvalue weighted by atomic mass is 32.1. The highest BCUT2D eigenvalue weighted by molar-refractivity contribution is 7.14. The number of pyridine rings is 1. The second-order valence-electron chi connectivity index (χ2n) is 6.65. The van der Waals surface area contributed by atoms with Gasteiger partial charge in [0.2, 0.25) is 0 Å². The zero-order valence-corrected chi connectivity index (χ0v) is 16.4. The maximum absolute atomic E-state index is 13.4. The van der Waals surface area contributed by atoms with Crippen molar-refractivity contribution in [1.29, 1.82) is 0 Å². The first-order valence-electron chi connectivity index (χ1n) is 9.21. The molecule has 0 bridgehead atoms. The van der Waals surface area contributed by atoms with Crippen molar-refractivity contribution in [2.75, 3.05) is 18.0 Å². The van der Waals surface area contributed by atoms with E-state index in [2.05, 4.69) is 9.97 Å². The van der Waals surface area contributed by atoms with Gasteiger partial charge in [-0.3, -0.25) is 14.5 Å². The summed E-state index contributed by atoms with van der Waals surface area (Å²) in [4.78, 5) is 38.2. The Balaban J connectivity index is 1.69. The first kappa shape index (κ1) is 18.3. The number of nitrogens with zero attached hydrogens (tertiary/aromatic N) is 4. The molecule has 28 heavy (non-hydrogen) atoms. The van der Waals surface area contributed by atoms with Crippen molar-refractivity contribution in [1.82, 2.24) is 14.9 Å². The number of aromatic nitrogens is 2. The second kappa shape index (κ2) is 7.90. The van der Waals surface area contributed by atoms with Gasteiger partial charge >= 0.3 is 0 Å². The number of anilines is 2. The Morgan fingerprint density at radius 2 is 1.68 bits per heavy atom. The van der Waals surface area contributed by atoms with E-state index in [4.69, 9.17) is 0 Å². The Kier molecular flexibility index (Phi) is 5.16. The molecule has 2 aromatic heterocycles. The molecular formula is C21H20N4O2S. The van der Waals surface area contributed by atoms with Crippen LogP contribution in [0.25, 0.3) is 0 Å². The van der Waals surface area contributed by atoms with Gasteiger partial charge in [0.1, 0.15) is 11.4 Å². The lowest BCUT2D eigenvalue weighted by Gasteiger charge is -2.20. The summed E-state index contributed by atoms with van der Waals surface area (Å²) in [5, 5.41) is 2.48. The van der Waals surface area contributed by atoms with Crippen LogP contribution in [0.3, 0.4) is 0 Å². The predicted molar refractivity (Wildman–Crippen MR) is 109 cm³/mol. The van der Waals surface area contributed by atoms with E-state index < -0.39 is 0 Å². The number of benzene rings is 1. The van der Waals surface area contributed by atoms with Crippen LogP contribution in [0.2, 0.25) is 0 Å². The maximum Gasteiger partial charge on any atom is 0.283 e. The van der Waals surface area contributed by atoms with E-state index in [9.17, 15) is 9.59 Å². The Morgan fingerprint density at radius 3 is 2.36 bits per heavy atom. The number of amides is 2. The van der Waals surface area contributed by atoms with Gasteiger partial charge in [-0.2, -0.15) is 0 Å². The minimum absolute atomic E-state index is 0.122. The number of carbonyl (C=O) groups is 2. The number of rotatable bonds is 4. The normalized spacial score (nSPS) is 13.5. The summed E-state index contributed by atoms with van der Waals surface area (Å²) in [6, 6.07) is 14.4. The van der Waals surface area contributed by atoms with Gasteiger partial charge in [0, 0.05) is 18.5 Å². The molecule has 0 radical (unpaired) electrons. The van der Waals surface area contributed by atoms with Crippen molar-refractivity contribution >= 4 is 34.0 Å². The van der Waals surface area contributed by atoms with E-state index >= 15 is 0 Å². The van der Waals surface area contributed by atoms with Gasteiger partial charge in [-0.1, -0.05) is 24.3 Å². The highest BCUT2D eigenvalue weighted by Gasteiger charge is 2.26. The van der Waals surface area contributed by atoms with Crippen LogP contribution in [0.5, 0.6) is 0 Å². The lowest BCUT2D eigenvalue weighted by Crippen LogP contribution is -2.30. The third kappa shape index (κ3) is 3.66. The Bertz CT molecular complexity index is 996. The second-order valence-corrected chi connectivity index (χ2v) is 7.49. The van der Waals surface area contributed by atoms with Crippen LogP contribution in [0.4, 0.5) is 10.8 Å². The third-order valence-electron chi connectivity index (χ3n) is 4.60. The van der Waals surface area contributed by atoms with Crippen LogP contribution in [0, 0.1) is 6.92 Å². The van der Waals surface area contributed by atoms with Crippen LogP contribution in [-0.4, -0.2) is 39.8 Å². The van der Waals surface area contributed by atoms with Crippen molar-refractivity contribution in [3.05, 3.63) is 71.0 Å². The lowest BCUT2D eigenvalue weighted by molar-refractivity contribution is 0.0787. The van der Waals surface area contributed by atoms with Gasteiger partial charge in [0.05, 0.1) is 11.4 Å². The molecular weight excluding hydrogens is 372 g/mol. The van der Waals surface area contributed by atoms with Gasteiger partial charge < -0.3 is 4.90 Å². The smallest absolute Gasteiger partial charge is 0.283 e. The minimum Gasteiger partial charge on any atom is -0.337 e. The third-order valence-corrected chi connectivity index (χ3v) is 5.54. The quantitative estimate of drug-likeness (QED) is 0.672. The van der Waals surface area contributed by atoms with Crippen LogP contribution >= 0.6 is 11.3 Å². The molecule has 0 N–H and O–H groups in total. The number of para-hydroxylation sites is 1. The van der Waals surface area contributed by atoms with Gasteiger partial charge in [-0.25, -0.2) is 9.97 Å². The molecule has 0 atom stereocenters. The minimum atomic E-state index is -0.309. The summed E-state index contributed by atoms with van der Waals surface area (Å²) < 4.78 is 0. The molecule has 1 fully saturated rings. The fourth-order valence-electron chi connectivity index (χ4n) is 3.21. The molecule has 1 aliphatic rings. The van der Waals surface area contributed by atoms with Gasteiger partial charge in [-0.05, 0) is 44.0 Å². The number of aryl methyl sites for hydroxylation is 1. The molecule has 2 amide bonds. The Hall–Kier alpha value is -3.06. The summed E-state index contributed by atoms with van der Waals surface area (Å²) >= 11 is 1.40. The zero-order chi connectivity index (χ0) is 19.5. The molecule has 1 aromatic carbocycles. The molecule has 0 saturated carbocycles. The highest BCUT2D eigenvalue weighted by Crippen LogP contribution is 2.30. The number of hydrogen-bond donors (Lipinski definition) is 0. The largest absolute Gasteiger partial charge is 0.337 e. The van der Waals surface area contributed by atoms with Crippen molar-refractivity contribution in [2.24, 2.45) is 0 Å². The van der Waals surface area contributed by atoms with Crippen molar-refractivity contribution in [2.45, 2.75) is 19.8 Å².